The highest BCUT2D eigenvalue weighted by Gasteiger charge is 2.20. The van der Waals surface area contributed by atoms with Gasteiger partial charge in [-0.3, -0.25) is 9.00 Å². The topological polar surface area (TPSA) is 64.0 Å². The number of aromatic nitrogens is 2. The summed E-state index contributed by atoms with van der Waals surface area (Å²) in [6, 6.07) is 0. The maximum atomic E-state index is 12.4. The van der Waals surface area contributed by atoms with Crippen molar-refractivity contribution in [3.63, 3.8) is 0 Å². The van der Waals surface area contributed by atoms with E-state index in [-0.39, 0.29) is 10.8 Å². The number of hydrogen-bond donors (Lipinski definition) is 1. The van der Waals surface area contributed by atoms with Crippen molar-refractivity contribution in [3.8, 4) is 0 Å². The molecule has 5 nitrogen and oxygen atoms in total. The monoisotopic (exact) mass is 361 g/mol. The van der Waals surface area contributed by atoms with Crippen molar-refractivity contribution in [1.29, 1.82) is 0 Å². The highest BCUT2D eigenvalue weighted by Crippen LogP contribution is 2.27. The summed E-state index contributed by atoms with van der Waals surface area (Å²) >= 11 is 3.35. The molecule has 20 heavy (non-hydrogen) atoms. The van der Waals surface area contributed by atoms with Crippen LogP contribution >= 0.6 is 15.9 Å². The van der Waals surface area contributed by atoms with Crippen LogP contribution in [0.3, 0.4) is 0 Å². The molecule has 2 unspecified atom stereocenters. The minimum Gasteiger partial charge on any atom is -0.378 e. The number of rotatable bonds is 6. The first-order valence-corrected chi connectivity index (χ1v) is 9.22. The van der Waals surface area contributed by atoms with E-state index < -0.39 is 10.8 Å². The largest absolute Gasteiger partial charge is 0.378 e. The molecular weight excluding hydrogens is 342 g/mol. The molecule has 112 valence electrons. The Balaban J connectivity index is 2.12. The molecule has 1 aliphatic carbocycles. The molecule has 2 atom stereocenters. The van der Waals surface area contributed by atoms with Crippen LogP contribution in [0, 0.1) is 5.92 Å². The summed E-state index contributed by atoms with van der Waals surface area (Å²) in [6.45, 7) is 3.09. The van der Waals surface area contributed by atoms with Gasteiger partial charge in [-0.1, -0.05) is 6.42 Å². The quantitative estimate of drug-likeness (QED) is 0.841. The average Bonchev–Trinajstić information content (AvgIpc) is 2.35. The third-order valence-electron chi connectivity index (χ3n) is 3.79. The number of nitrogens with zero attached hydrogens (tertiary/aromatic N) is 2. The molecule has 0 saturated heterocycles. The summed E-state index contributed by atoms with van der Waals surface area (Å²) in [5, 5.41) is 7.27. The van der Waals surface area contributed by atoms with Gasteiger partial charge in [0.2, 0.25) is 0 Å². The van der Waals surface area contributed by atoms with Crippen molar-refractivity contribution in [2.24, 2.45) is 5.92 Å². The highest BCUT2D eigenvalue weighted by molar-refractivity contribution is 9.10. The van der Waals surface area contributed by atoms with Gasteiger partial charge in [-0.05, 0) is 41.6 Å². The van der Waals surface area contributed by atoms with Gasteiger partial charge in [-0.2, -0.15) is 5.10 Å². The van der Waals surface area contributed by atoms with E-state index in [0.717, 1.165) is 0 Å². The molecule has 0 spiro atoms. The predicted molar refractivity (Wildman–Crippen MR) is 85.6 cm³/mol. The van der Waals surface area contributed by atoms with E-state index in [1.54, 1.807) is 12.5 Å². The van der Waals surface area contributed by atoms with Crippen molar-refractivity contribution < 1.29 is 4.21 Å². The van der Waals surface area contributed by atoms with Crippen LogP contribution < -0.4 is 10.9 Å². The molecule has 1 heterocycles. The van der Waals surface area contributed by atoms with Gasteiger partial charge in [0.15, 0.2) is 0 Å². The first kappa shape index (κ1) is 15.7. The molecular formula is C13H20BrN3O2S. The van der Waals surface area contributed by atoms with Crippen LogP contribution in [0.15, 0.2) is 15.5 Å². The lowest BCUT2D eigenvalue weighted by Crippen LogP contribution is -2.32. The SMILES string of the molecule is CC(CNc1c(Br)cnn(CC2CCC2)c1=O)S(C)=O. The van der Waals surface area contributed by atoms with Crippen LogP contribution in [-0.2, 0) is 17.3 Å². The molecule has 1 fully saturated rings. The second kappa shape index (κ2) is 6.85. The molecule has 1 aromatic heterocycles. The molecule has 0 radical (unpaired) electrons. The summed E-state index contributed by atoms with van der Waals surface area (Å²) in [7, 11) is -0.906. The Bertz CT molecular complexity index is 557. The molecule has 0 bridgehead atoms. The minimum atomic E-state index is -0.906. The Kier molecular flexibility index (Phi) is 5.37. The lowest BCUT2D eigenvalue weighted by Gasteiger charge is -2.25. The van der Waals surface area contributed by atoms with E-state index in [1.807, 2.05) is 6.92 Å². The van der Waals surface area contributed by atoms with E-state index in [1.165, 1.54) is 23.9 Å². The van der Waals surface area contributed by atoms with Crippen LogP contribution in [0.5, 0.6) is 0 Å². The van der Waals surface area contributed by atoms with Crippen molar-refractivity contribution in [1.82, 2.24) is 9.78 Å². The number of nitrogens with one attached hydrogen (secondary N) is 1. The van der Waals surface area contributed by atoms with Gasteiger partial charge in [0.1, 0.15) is 5.69 Å². The van der Waals surface area contributed by atoms with Crippen molar-refractivity contribution >= 4 is 32.4 Å². The molecule has 0 aliphatic heterocycles. The summed E-state index contributed by atoms with van der Waals surface area (Å²) in [4.78, 5) is 12.4. The fourth-order valence-electron chi connectivity index (χ4n) is 2.04. The smallest absolute Gasteiger partial charge is 0.291 e. The van der Waals surface area contributed by atoms with Gasteiger partial charge in [0.25, 0.3) is 5.56 Å². The lowest BCUT2D eigenvalue weighted by molar-refractivity contribution is 0.262. The van der Waals surface area contributed by atoms with Crippen LogP contribution in [0.4, 0.5) is 5.69 Å². The van der Waals surface area contributed by atoms with E-state index in [2.05, 4.69) is 26.3 Å². The van der Waals surface area contributed by atoms with E-state index >= 15 is 0 Å². The van der Waals surface area contributed by atoms with Crippen molar-refractivity contribution in [2.75, 3.05) is 18.1 Å². The normalized spacial score (nSPS) is 18.4. The van der Waals surface area contributed by atoms with Crippen LogP contribution in [-0.4, -0.2) is 32.0 Å². The molecule has 1 aromatic rings. The second-order valence-electron chi connectivity index (χ2n) is 5.34. The fourth-order valence-corrected chi connectivity index (χ4v) is 2.76. The fraction of sp³-hybridized carbons (Fsp3) is 0.692. The molecule has 0 aromatic carbocycles. The van der Waals surface area contributed by atoms with Crippen LogP contribution in [0.25, 0.3) is 0 Å². The summed E-state index contributed by atoms with van der Waals surface area (Å²) in [5.74, 6) is 0.580. The molecule has 1 aliphatic rings. The van der Waals surface area contributed by atoms with Gasteiger partial charge in [-0.15, -0.1) is 0 Å². The Morgan fingerprint density at radius 3 is 2.85 bits per heavy atom. The maximum absolute atomic E-state index is 12.4. The first-order valence-electron chi connectivity index (χ1n) is 6.80. The Hall–Kier alpha value is -0.690. The molecule has 1 N–H and O–H groups in total. The highest BCUT2D eigenvalue weighted by atomic mass is 79.9. The standard InChI is InChI=1S/C13H20BrN3O2S/c1-9(20(2)19)6-15-12-11(14)7-16-17(13(12)18)8-10-4-3-5-10/h7,9-10,15H,3-6,8H2,1-2H3. The summed E-state index contributed by atoms with van der Waals surface area (Å²) < 4.78 is 13.5. The molecule has 0 amide bonds. The first-order chi connectivity index (χ1) is 9.49. The average molecular weight is 362 g/mol. The Morgan fingerprint density at radius 1 is 1.60 bits per heavy atom. The maximum Gasteiger partial charge on any atom is 0.291 e. The van der Waals surface area contributed by atoms with E-state index in [9.17, 15) is 9.00 Å². The van der Waals surface area contributed by atoms with Crippen LogP contribution in [0.1, 0.15) is 26.2 Å². The van der Waals surface area contributed by atoms with Crippen molar-refractivity contribution in [2.45, 2.75) is 38.0 Å². The van der Waals surface area contributed by atoms with Crippen LogP contribution in [0.2, 0.25) is 0 Å². The minimum absolute atomic E-state index is 0.00505. The zero-order valence-corrected chi connectivity index (χ0v) is 14.2. The number of anilines is 1. The van der Waals surface area contributed by atoms with Crippen molar-refractivity contribution in [3.05, 3.63) is 21.0 Å². The zero-order chi connectivity index (χ0) is 14.7. The van der Waals surface area contributed by atoms with E-state index in [4.69, 9.17) is 0 Å². The molecule has 7 heteroatoms. The van der Waals surface area contributed by atoms with Gasteiger partial charge in [0, 0.05) is 35.4 Å². The zero-order valence-electron chi connectivity index (χ0n) is 11.8. The number of hydrogen-bond acceptors (Lipinski definition) is 4. The van der Waals surface area contributed by atoms with Gasteiger partial charge in [-0.25, -0.2) is 4.68 Å². The summed E-state index contributed by atoms with van der Waals surface area (Å²) in [5.41, 5.74) is 0.400. The number of halogens is 1. The third kappa shape index (κ3) is 3.69. The van der Waals surface area contributed by atoms with Gasteiger partial charge >= 0.3 is 0 Å². The molecule has 2 rings (SSSR count). The van der Waals surface area contributed by atoms with Gasteiger partial charge < -0.3 is 5.32 Å². The third-order valence-corrected chi connectivity index (χ3v) is 5.69. The Labute approximate surface area is 129 Å². The lowest BCUT2D eigenvalue weighted by atomic mass is 9.85. The van der Waals surface area contributed by atoms with E-state index in [0.29, 0.717) is 29.2 Å². The predicted octanol–water partition coefficient (Wildman–Crippen LogP) is 1.98. The summed E-state index contributed by atoms with van der Waals surface area (Å²) in [6.07, 6.45) is 6.93. The molecule has 1 saturated carbocycles. The second-order valence-corrected chi connectivity index (χ2v) is 8.00. The van der Waals surface area contributed by atoms with Gasteiger partial charge in [0.05, 0.1) is 10.7 Å². The Morgan fingerprint density at radius 2 is 2.30 bits per heavy atom.